The molecule has 122 valence electrons. The van der Waals surface area contributed by atoms with Gasteiger partial charge in [0.25, 0.3) is 5.92 Å². The van der Waals surface area contributed by atoms with Crippen LogP contribution in [0.25, 0.3) is 0 Å². The molecule has 1 nitrogen and oxygen atoms in total. The molecule has 23 heavy (non-hydrogen) atoms. The molecular formula is C19H20ClF2N. The number of aliphatic imine (C=N–C) groups is 1. The van der Waals surface area contributed by atoms with Crippen LogP contribution in [0.5, 0.6) is 0 Å². The number of allylic oxidation sites excluding steroid dienone is 1. The summed E-state index contributed by atoms with van der Waals surface area (Å²) >= 11 is 5.93. The molecule has 0 saturated heterocycles. The second-order valence-electron chi connectivity index (χ2n) is 7.14. The summed E-state index contributed by atoms with van der Waals surface area (Å²) in [7, 11) is 0. The van der Waals surface area contributed by atoms with E-state index in [4.69, 9.17) is 11.6 Å². The Morgan fingerprint density at radius 1 is 1.04 bits per heavy atom. The summed E-state index contributed by atoms with van der Waals surface area (Å²) < 4.78 is 29.7. The lowest BCUT2D eigenvalue weighted by Gasteiger charge is -2.39. The first-order valence-corrected chi connectivity index (χ1v) is 8.75. The lowest BCUT2D eigenvalue weighted by molar-refractivity contribution is -0.0172. The van der Waals surface area contributed by atoms with Gasteiger partial charge < -0.3 is 0 Å². The molecule has 0 spiro atoms. The Labute approximate surface area is 140 Å². The molecule has 1 aromatic rings. The first-order chi connectivity index (χ1) is 11.1. The van der Waals surface area contributed by atoms with Crippen LogP contribution in [0.3, 0.4) is 0 Å². The van der Waals surface area contributed by atoms with Crippen molar-refractivity contribution in [2.24, 2.45) is 28.7 Å². The molecule has 5 atom stereocenters. The van der Waals surface area contributed by atoms with Crippen LogP contribution in [0.15, 0.2) is 41.5 Å². The summed E-state index contributed by atoms with van der Waals surface area (Å²) in [5, 5.41) is 0.598. The highest BCUT2D eigenvalue weighted by Crippen LogP contribution is 2.61. The van der Waals surface area contributed by atoms with E-state index < -0.39 is 11.8 Å². The van der Waals surface area contributed by atoms with Gasteiger partial charge in [-0.05, 0) is 60.6 Å². The van der Waals surface area contributed by atoms with E-state index >= 15 is 0 Å². The summed E-state index contributed by atoms with van der Waals surface area (Å²) in [6, 6.07) is 7.02. The van der Waals surface area contributed by atoms with E-state index in [2.05, 4.69) is 11.1 Å². The number of fused-ring (bicyclic) bond motifs is 3. The minimum absolute atomic E-state index is 0.00774. The highest BCUT2D eigenvalue weighted by Gasteiger charge is 2.59. The van der Waals surface area contributed by atoms with Crippen molar-refractivity contribution in [1.29, 1.82) is 0 Å². The minimum atomic E-state index is -2.63. The van der Waals surface area contributed by atoms with E-state index in [1.807, 2.05) is 12.4 Å². The average molecular weight is 336 g/mol. The maximum absolute atomic E-state index is 14.9. The first-order valence-electron chi connectivity index (χ1n) is 8.38. The Balaban J connectivity index is 1.68. The third-order valence-corrected chi connectivity index (χ3v) is 6.26. The van der Waals surface area contributed by atoms with Gasteiger partial charge in [-0.1, -0.05) is 29.8 Å². The molecular weight excluding hydrogens is 316 g/mol. The second kappa shape index (κ2) is 5.70. The molecule has 5 unspecified atom stereocenters. The van der Waals surface area contributed by atoms with Gasteiger partial charge in [0, 0.05) is 23.9 Å². The van der Waals surface area contributed by atoms with Gasteiger partial charge in [-0.15, -0.1) is 0 Å². The summed E-state index contributed by atoms with van der Waals surface area (Å²) in [6.45, 7) is 0. The van der Waals surface area contributed by atoms with Crippen LogP contribution >= 0.6 is 11.6 Å². The van der Waals surface area contributed by atoms with Gasteiger partial charge in [0.05, 0.1) is 5.92 Å². The van der Waals surface area contributed by atoms with Crippen molar-refractivity contribution in [1.82, 2.24) is 0 Å². The molecule has 0 bridgehead atoms. The number of benzene rings is 1. The number of halogens is 3. The van der Waals surface area contributed by atoms with Crippen molar-refractivity contribution in [3.8, 4) is 0 Å². The molecule has 2 aliphatic carbocycles. The van der Waals surface area contributed by atoms with Crippen LogP contribution in [0.2, 0.25) is 5.02 Å². The van der Waals surface area contributed by atoms with E-state index in [0.717, 1.165) is 24.8 Å². The van der Waals surface area contributed by atoms with Gasteiger partial charge in [-0.3, -0.25) is 4.99 Å². The Bertz CT molecular complexity index is 637. The minimum Gasteiger partial charge on any atom is -0.269 e. The molecule has 2 saturated carbocycles. The predicted octanol–water partition coefficient (Wildman–Crippen LogP) is 5.71. The first kappa shape index (κ1) is 15.3. The van der Waals surface area contributed by atoms with Crippen LogP contribution in [-0.2, 0) is 0 Å². The van der Waals surface area contributed by atoms with E-state index in [9.17, 15) is 8.78 Å². The SMILES string of the molecule is FC1(F)CC2C3CC=NC=CC3CCC2C1c1ccc(Cl)cc1. The molecule has 1 aliphatic heterocycles. The summed E-state index contributed by atoms with van der Waals surface area (Å²) in [5.41, 5.74) is 0.739. The highest BCUT2D eigenvalue weighted by molar-refractivity contribution is 6.30. The maximum atomic E-state index is 14.9. The Morgan fingerprint density at radius 2 is 1.83 bits per heavy atom. The van der Waals surface area contributed by atoms with Crippen molar-refractivity contribution in [2.75, 3.05) is 0 Å². The van der Waals surface area contributed by atoms with Gasteiger partial charge >= 0.3 is 0 Å². The number of alkyl halides is 2. The number of hydrogen-bond donors (Lipinski definition) is 0. The lowest BCUT2D eigenvalue weighted by Crippen LogP contribution is -2.32. The van der Waals surface area contributed by atoms with Crippen molar-refractivity contribution in [3.63, 3.8) is 0 Å². The number of hydrogen-bond acceptors (Lipinski definition) is 1. The molecule has 4 rings (SSSR count). The quantitative estimate of drug-likeness (QED) is 0.623. The van der Waals surface area contributed by atoms with Gasteiger partial charge in [0.15, 0.2) is 0 Å². The van der Waals surface area contributed by atoms with E-state index in [0.29, 0.717) is 16.9 Å². The topological polar surface area (TPSA) is 12.4 Å². The predicted molar refractivity (Wildman–Crippen MR) is 89.2 cm³/mol. The molecule has 0 N–H and O–H groups in total. The fraction of sp³-hybridized carbons (Fsp3) is 0.526. The van der Waals surface area contributed by atoms with E-state index in [-0.39, 0.29) is 18.3 Å². The van der Waals surface area contributed by atoms with E-state index in [1.54, 1.807) is 24.3 Å². The van der Waals surface area contributed by atoms with Crippen molar-refractivity contribution >= 4 is 17.8 Å². The number of nitrogens with zero attached hydrogens (tertiary/aromatic N) is 1. The van der Waals surface area contributed by atoms with Crippen LogP contribution in [0.1, 0.15) is 37.2 Å². The van der Waals surface area contributed by atoms with Crippen molar-refractivity contribution in [3.05, 3.63) is 47.1 Å². The summed E-state index contributed by atoms with van der Waals surface area (Å²) in [6.07, 6.45) is 8.56. The Kier molecular flexibility index (Phi) is 3.79. The zero-order valence-corrected chi connectivity index (χ0v) is 13.6. The molecule has 0 radical (unpaired) electrons. The average Bonchev–Trinajstić information content (AvgIpc) is 2.67. The highest BCUT2D eigenvalue weighted by atomic mass is 35.5. The lowest BCUT2D eigenvalue weighted by atomic mass is 9.65. The Morgan fingerprint density at radius 3 is 2.61 bits per heavy atom. The van der Waals surface area contributed by atoms with Gasteiger partial charge in [-0.2, -0.15) is 0 Å². The molecule has 3 aliphatic rings. The monoisotopic (exact) mass is 335 g/mol. The van der Waals surface area contributed by atoms with Crippen LogP contribution in [0, 0.1) is 23.7 Å². The molecule has 0 amide bonds. The van der Waals surface area contributed by atoms with Gasteiger partial charge in [0.1, 0.15) is 0 Å². The fourth-order valence-corrected chi connectivity index (χ4v) is 5.20. The third kappa shape index (κ3) is 2.63. The molecule has 1 aromatic carbocycles. The standard InChI is InChI=1S/C19H20ClF2N/c20-14-4-1-13(2-5-14)18-16-6-3-12-7-9-23-10-8-15(12)17(16)11-19(18,21)22/h1-2,4-5,7,9-10,12,15-18H,3,6,8,11H2. The van der Waals surface area contributed by atoms with E-state index in [1.165, 1.54) is 0 Å². The second-order valence-corrected chi connectivity index (χ2v) is 7.57. The van der Waals surface area contributed by atoms with Crippen molar-refractivity contribution in [2.45, 2.75) is 37.5 Å². The zero-order valence-electron chi connectivity index (χ0n) is 12.8. The molecule has 1 heterocycles. The maximum Gasteiger partial charge on any atom is 0.255 e. The molecule has 4 heteroatoms. The van der Waals surface area contributed by atoms with Crippen LogP contribution in [0.4, 0.5) is 8.78 Å². The van der Waals surface area contributed by atoms with Gasteiger partial charge in [-0.25, -0.2) is 8.78 Å². The smallest absolute Gasteiger partial charge is 0.255 e. The fourth-order valence-electron chi connectivity index (χ4n) is 5.07. The zero-order chi connectivity index (χ0) is 16.0. The normalized spacial score (nSPS) is 38.0. The molecule has 0 aromatic heterocycles. The molecule has 2 fully saturated rings. The summed E-state index contributed by atoms with van der Waals surface area (Å²) in [4.78, 5) is 4.22. The van der Waals surface area contributed by atoms with Crippen molar-refractivity contribution < 1.29 is 8.78 Å². The van der Waals surface area contributed by atoms with Gasteiger partial charge in [0.2, 0.25) is 0 Å². The third-order valence-electron chi connectivity index (χ3n) is 6.01. The number of rotatable bonds is 1. The largest absolute Gasteiger partial charge is 0.269 e. The summed E-state index contributed by atoms with van der Waals surface area (Å²) in [5.74, 6) is -2.45. The van der Waals surface area contributed by atoms with Crippen LogP contribution < -0.4 is 0 Å². The van der Waals surface area contributed by atoms with Crippen LogP contribution in [-0.4, -0.2) is 12.1 Å². The Hall–Kier alpha value is -1.22.